The zero-order chi connectivity index (χ0) is 18.0. The molecule has 26 heavy (non-hydrogen) atoms. The molecule has 0 unspecified atom stereocenters. The van der Waals surface area contributed by atoms with E-state index in [-0.39, 0.29) is 11.0 Å². The molecule has 0 atom stereocenters. The van der Waals surface area contributed by atoms with Crippen LogP contribution in [0.3, 0.4) is 0 Å². The Kier molecular flexibility index (Phi) is 4.08. The van der Waals surface area contributed by atoms with E-state index in [1.165, 1.54) is 18.3 Å². The summed E-state index contributed by atoms with van der Waals surface area (Å²) in [5.41, 5.74) is 1.46. The third-order valence-corrected chi connectivity index (χ3v) is 4.56. The Morgan fingerprint density at radius 1 is 1.19 bits per heavy atom. The number of nitrogens with one attached hydrogen (secondary N) is 1. The maximum absolute atomic E-state index is 11.1. The Bertz CT molecular complexity index is 921. The Labute approximate surface area is 150 Å². The largest absolute Gasteiger partial charge is 0.478 e. The van der Waals surface area contributed by atoms with Gasteiger partial charge in [-0.1, -0.05) is 0 Å². The van der Waals surface area contributed by atoms with E-state index in [2.05, 4.69) is 25.4 Å². The van der Waals surface area contributed by atoms with Crippen molar-refractivity contribution in [3.05, 3.63) is 54.6 Å². The summed E-state index contributed by atoms with van der Waals surface area (Å²) in [6.07, 6.45) is 9.15. The van der Waals surface area contributed by atoms with Crippen LogP contribution in [0.1, 0.15) is 23.2 Å². The van der Waals surface area contributed by atoms with Crippen molar-refractivity contribution in [2.45, 2.75) is 19.4 Å². The number of rotatable bonds is 7. The van der Waals surface area contributed by atoms with Crippen LogP contribution in [-0.2, 0) is 6.54 Å². The number of carboxylic acids is 1. The van der Waals surface area contributed by atoms with E-state index in [4.69, 9.17) is 5.11 Å². The molecule has 0 bridgehead atoms. The maximum atomic E-state index is 11.1. The van der Waals surface area contributed by atoms with E-state index in [0.717, 1.165) is 25.9 Å². The van der Waals surface area contributed by atoms with Crippen LogP contribution in [0.5, 0.6) is 0 Å². The summed E-state index contributed by atoms with van der Waals surface area (Å²) < 4.78 is 1.95. The fourth-order valence-corrected chi connectivity index (χ4v) is 2.86. The highest BCUT2D eigenvalue weighted by atomic mass is 16.4. The molecule has 1 fully saturated rings. The third-order valence-electron chi connectivity index (χ3n) is 4.56. The molecule has 3 heterocycles. The van der Waals surface area contributed by atoms with Crippen molar-refractivity contribution in [2.24, 2.45) is 5.41 Å². The van der Waals surface area contributed by atoms with E-state index >= 15 is 0 Å². The summed E-state index contributed by atoms with van der Waals surface area (Å²) in [7, 11) is 0. The lowest BCUT2D eigenvalue weighted by atomic mass is 10.1. The monoisotopic (exact) mass is 350 g/mol. The van der Waals surface area contributed by atoms with Gasteiger partial charge in [0.25, 0.3) is 0 Å². The Morgan fingerprint density at radius 3 is 2.77 bits per heavy atom. The predicted octanol–water partition coefficient (Wildman–Crippen LogP) is 2.33. The zero-order valence-electron chi connectivity index (χ0n) is 14.0. The van der Waals surface area contributed by atoms with Gasteiger partial charge in [-0.05, 0) is 37.1 Å². The van der Waals surface area contributed by atoms with Crippen molar-refractivity contribution in [1.82, 2.24) is 24.7 Å². The van der Waals surface area contributed by atoms with Crippen molar-refractivity contribution in [3.63, 3.8) is 0 Å². The van der Waals surface area contributed by atoms with Gasteiger partial charge in [0.2, 0.25) is 5.95 Å². The number of carboxylic acid groups (broad SMARTS) is 1. The molecule has 0 aliphatic heterocycles. The van der Waals surface area contributed by atoms with Crippen molar-refractivity contribution in [1.29, 1.82) is 0 Å². The SMILES string of the molecule is O=C(O)c1ccnc(-c2ccnc(NCC3(Cn4cccn4)CC3)n2)c1. The highest BCUT2D eigenvalue weighted by molar-refractivity contribution is 5.88. The summed E-state index contributed by atoms with van der Waals surface area (Å²) in [5, 5.41) is 16.7. The molecule has 3 aromatic heterocycles. The molecule has 0 spiro atoms. The first-order chi connectivity index (χ1) is 12.6. The van der Waals surface area contributed by atoms with Gasteiger partial charge in [0.05, 0.1) is 17.0 Å². The van der Waals surface area contributed by atoms with E-state index in [9.17, 15) is 4.79 Å². The van der Waals surface area contributed by atoms with Crippen LogP contribution < -0.4 is 5.32 Å². The second-order valence-electron chi connectivity index (χ2n) is 6.56. The smallest absolute Gasteiger partial charge is 0.335 e. The van der Waals surface area contributed by atoms with Gasteiger partial charge in [-0.15, -0.1) is 0 Å². The van der Waals surface area contributed by atoms with Crippen molar-refractivity contribution in [2.75, 3.05) is 11.9 Å². The predicted molar refractivity (Wildman–Crippen MR) is 94.6 cm³/mol. The molecular formula is C18H18N6O2. The van der Waals surface area contributed by atoms with Crippen LogP contribution >= 0.6 is 0 Å². The average Bonchev–Trinajstić information content (AvgIpc) is 3.23. The number of anilines is 1. The van der Waals surface area contributed by atoms with Gasteiger partial charge in [0.1, 0.15) is 0 Å². The maximum Gasteiger partial charge on any atom is 0.335 e. The number of carbonyl (C=O) groups is 1. The molecule has 1 saturated carbocycles. The summed E-state index contributed by atoms with van der Waals surface area (Å²) in [6.45, 7) is 1.63. The van der Waals surface area contributed by atoms with Crippen LogP contribution in [0, 0.1) is 5.41 Å². The van der Waals surface area contributed by atoms with E-state index in [1.54, 1.807) is 18.5 Å². The van der Waals surface area contributed by atoms with E-state index in [0.29, 0.717) is 17.3 Å². The molecular weight excluding hydrogens is 332 g/mol. The molecule has 1 aliphatic rings. The lowest BCUT2D eigenvalue weighted by molar-refractivity contribution is 0.0697. The molecule has 8 heteroatoms. The van der Waals surface area contributed by atoms with Crippen LogP contribution in [-0.4, -0.2) is 42.4 Å². The molecule has 2 N–H and O–H groups in total. The summed E-state index contributed by atoms with van der Waals surface area (Å²) in [4.78, 5) is 24.1. The molecule has 0 radical (unpaired) electrons. The molecule has 132 valence electrons. The lowest BCUT2D eigenvalue weighted by Gasteiger charge is -2.16. The summed E-state index contributed by atoms with van der Waals surface area (Å²) >= 11 is 0. The average molecular weight is 350 g/mol. The van der Waals surface area contributed by atoms with Gasteiger partial charge in [-0.3, -0.25) is 9.67 Å². The fraction of sp³-hybridized carbons (Fsp3) is 0.278. The minimum Gasteiger partial charge on any atom is -0.478 e. The van der Waals surface area contributed by atoms with Crippen molar-refractivity contribution < 1.29 is 9.90 Å². The van der Waals surface area contributed by atoms with E-state index < -0.39 is 5.97 Å². The van der Waals surface area contributed by atoms with Gasteiger partial charge < -0.3 is 10.4 Å². The second kappa shape index (κ2) is 6.55. The molecule has 1 aliphatic carbocycles. The molecule has 4 rings (SSSR count). The number of aromatic carboxylic acids is 1. The van der Waals surface area contributed by atoms with Gasteiger partial charge in [0.15, 0.2) is 0 Å². The van der Waals surface area contributed by atoms with Crippen LogP contribution in [0.4, 0.5) is 5.95 Å². The molecule has 0 amide bonds. The van der Waals surface area contributed by atoms with Crippen LogP contribution in [0.2, 0.25) is 0 Å². The van der Waals surface area contributed by atoms with Crippen LogP contribution in [0.15, 0.2) is 49.1 Å². The van der Waals surface area contributed by atoms with Gasteiger partial charge in [-0.2, -0.15) is 5.10 Å². The molecule has 0 aromatic carbocycles. The number of nitrogens with zero attached hydrogens (tertiary/aromatic N) is 5. The molecule has 3 aromatic rings. The topological polar surface area (TPSA) is 106 Å². The minimum absolute atomic E-state index is 0.180. The van der Waals surface area contributed by atoms with Crippen molar-refractivity contribution >= 4 is 11.9 Å². The summed E-state index contributed by atoms with van der Waals surface area (Å²) in [5.74, 6) is -0.480. The normalized spacial score (nSPS) is 14.8. The first kappa shape index (κ1) is 16.2. The summed E-state index contributed by atoms with van der Waals surface area (Å²) in [6, 6.07) is 6.61. The number of hydrogen-bond acceptors (Lipinski definition) is 6. The van der Waals surface area contributed by atoms with Crippen molar-refractivity contribution in [3.8, 4) is 11.4 Å². The van der Waals surface area contributed by atoms with Crippen LogP contribution in [0.25, 0.3) is 11.4 Å². The fourth-order valence-electron chi connectivity index (χ4n) is 2.86. The minimum atomic E-state index is -0.990. The standard InChI is InChI=1S/C18H18N6O2/c25-16(26)13-2-7-19-15(10-13)14-3-8-20-17(23-14)21-11-18(4-5-18)12-24-9-1-6-22-24/h1-3,6-10H,4-5,11-12H2,(H,25,26)(H,20,21,23). The zero-order valence-corrected chi connectivity index (χ0v) is 14.0. The van der Waals surface area contributed by atoms with Gasteiger partial charge >= 0.3 is 5.97 Å². The number of hydrogen-bond donors (Lipinski definition) is 2. The lowest BCUT2D eigenvalue weighted by Crippen LogP contribution is -2.22. The first-order valence-corrected chi connectivity index (χ1v) is 8.38. The Hall–Kier alpha value is -3.29. The quantitative estimate of drug-likeness (QED) is 0.673. The molecule has 8 nitrogen and oxygen atoms in total. The van der Waals surface area contributed by atoms with E-state index in [1.807, 2.05) is 16.9 Å². The molecule has 0 saturated heterocycles. The number of pyridine rings is 1. The van der Waals surface area contributed by atoms with Gasteiger partial charge in [-0.25, -0.2) is 14.8 Å². The Morgan fingerprint density at radius 2 is 2.04 bits per heavy atom. The number of aromatic nitrogens is 5. The second-order valence-corrected chi connectivity index (χ2v) is 6.56. The highest BCUT2D eigenvalue weighted by Crippen LogP contribution is 2.46. The first-order valence-electron chi connectivity index (χ1n) is 8.38. The Balaban J connectivity index is 1.46. The highest BCUT2D eigenvalue weighted by Gasteiger charge is 2.43. The third kappa shape index (κ3) is 3.53. The van der Waals surface area contributed by atoms with Gasteiger partial charge in [0, 0.05) is 43.3 Å².